The summed E-state index contributed by atoms with van der Waals surface area (Å²) in [6, 6.07) is 26.0. The Morgan fingerprint density at radius 2 is 1.35 bits per heavy atom. The summed E-state index contributed by atoms with van der Waals surface area (Å²) in [4.78, 5) is 0. The van der Waals surface area contributed by atoms with Gasteiger partial charge in [0.25, 0.3) is 0 Å². The van der Waals surface area contributed by atoms with Crippen molar-refractivity contribution in [2.75, 3.05) is 5.73 Å². The Labute approximate surface area is 136 Å². The van der Waals surface area contributed by atoms with Gasteiger partial charge >= 0.3 is 0 Å². The summed E-state index contributed by atoms with van der Waals surface area (Å²) in [6.45, 7) is 0. The zero-order chi connectivity index (χ0) is 15.9. The fraction of sp³-hybridized carbons (Fsp3) is 0.100. The molecule has 0 amide bonds. The molecule has 0 fully saturated rings. The Balaban J connectivity index is 1.73. The molecule has 0 heterocycles. The summed E-state index contributed by atoms with van der Waals surface area (Å²) in [5.41, 5.74) is 10.8. The molecule has 3 rings (SSSR count). The van der Waals surface area contributed by atoms with Crippen LogP contribution in [-0.4, -0.2) is 0 Å². The molecule has 0 unspecified atom stereocenters. The number of nitrogens with zero attached hydrogens (tertiary/aromatic N) is 2. The van der Waals surface area contributed by atoms with Crippen molar-refractivity contribution >= 4 is 17.1 Å². The maximum atomic E-state index is 5.73. The van der Waals surface area contributed by atoms with Gasteiger partial charge in [-0.15, -0.1) is 0 Å². The number of azo groups is 1. The molecule has 0 bridgehead atoms. The van der Waals surface area contributed by atoms with Crippen LogP contribution in [-0.2, 0) is 12.8 Å². The second-order valence-corrected chi connectivity index (χ2v) is 5.41. The lowest BCUT2D eigenvalue weighted by Gasteiger charge is -2.05. The summed E-state index contributed by atoms with van der Waals surface area (Å²) in [5.74, 6) is 0. The standard InChI is InChI=1S/C20H19N3/c21-18-14-11-16(12-15-18)10-13-17-6-4-5-9-20(17)23-22-19-7-2-1-3-8-19/h1-9,11-12,14-15H,10,13,21H2. The third-order valence-corrected chi connectivity index (χ3v) is 3.68. The second kappa shape index (κ2) is 7.36. The van der Waals surface area contributed by atoms with Gasteiger partial charge < -0.3 is 5.73 Å². The molecule has 0 aliphatic carbocycles. The van der Waals surface area contributed by atoms with Crippen LogP contribution in [0.3, 0.4) is 0 Å². The van der Waals surface area contributed by atoms with Crippen LogP contribution in [0, 0.1) is 0 Å². The van der Waals surface area contributed by atoms with Crippen molar-refractivity contribution in [3.8, 4) is 0 Å². The maximum absolute atomic E-state index is 5.73. The van der Waals surface area contributed by atoms with E-state index in [9.17, 15) is 0 Å². The van der Waals surface area contributed by atoms with E-state index in [0.717, 1.165) is 29.9 Å². The Morgan fingerprint density at radius 3 is 2.13 bits per heavy atom. The van der Waals surface area contributed by atoms with Crippen molar-refractivity contribution in [3.63, 3.8) is 0 Å². The topological polar surface area (TPSA) is 50.7 Å². The fourth-order valence-corrected chi connectivity index (χ4v) is 2.39. The van der Waals surface area contributed by atoms with Gasteiger partial charge in [0, 0.05) is 5.69 Å². The van der Waals surface area contributed by atoms with E-state index in [0.29, 0.717) is 0 Å². The van der Waals surface area contributed by atoms with Gasteiger partial charge in [0.1, 0.15) is 0 Å². The predicted molar refractivity (Wildman–Crippen MR) is 95.3 cm³/mol. The highest BCUT2D eigenvalue weighted by molar-refractivity contribution is 5.47. The molecule has 2 N–H and O–H groups in total. The molecule has 0 atom stereocenters. The zero-order valence-corrected chi connectivity index (χ0v) is 12.9. The molecule has 0 saturated heterocycles. The maximum Gasteiger partial charge on any atom is 0.0889 e. The molecule has 3 nitrogen and oxygen atoms in total. The minimum atomic E-state index is 0.797. The van der Waals surface area contributed by atoms with E-state index >= 15 is 0 Å². The van der Waals surface area contributed by atoms with Crippen molar-refractivity contribution in [1.29, 1.82) is 0 Å². The zero-order valence-electron chi connectivity index (χ0n) is 12.9. The molecular formula is C20H19N3. The normalized spacial score (nSPS) is 11.0. The summed E-state index contributed by atoms with van der Waals surface area (Å²) in [5, 5.41) is 8.72. The quantitative estimate of drug-likeness (QED) is 0.493. The first-order valence-electron chi connectivity index (χ1n) is 7.70. The Hall–Kier alpha value is -2.94. The molecule has 114 valence electrons. The van der Waals surface area contributed by atoms with E-state index in [1.807, 2.05) is 60.7 Å². The Kier molecular flexibility index (Phi) is 4.79. The first-order valence-corrected chi connectivity index (χ1v) is 7.70. The number of benzene rings is 3. The average molecular weight is 301 g/mol. The molecule has 0 aromatic heterocycles. The smallest absolute Gasteiger partial charge is 0.0889 e. The molecule has 0 radical (unpaired) electrons. The average Bonchev–Trinajstić information content (AvgIpc) is 2.61. The van der Waals surface area contributed by atoms with Crippen LogP contribution in [0.5, 0.6) is 0 Å². The number of hydrogen-bond acceptors (Lipinski definition) is 3. The van der Waals surface area contributed by atoms with Crippen molar-refractivity contribution in [2.24, 2.45) is 10.2 Å². The first kappa shape index (κ1) is 15.0. The van der Waals surface area contributed by atoms with Crippen LogP contribution in [0.15, 0.2) is 89.1 Å². The number of nitrogens with two attached hydrogens (primary N) is 1. The van der Waals surface area contributed by atoms with Gasteiger partial charge in [0.05, 0.1) is 11.4 Å². The third kappa shape index (κ3) is 4.27. The summed E-state index contributed by atoms with van der Waals surface area (Å²) in [7, 11) is 0. The van der Waals surface area contributed by atoms with Crippen molar-refractivity contribution in [3.05, 3.63) is 90.0 Å². The molecule has 23 heavy (non-hydrogen) atoms. The number of aryl methyl sites for hydroxylation is 2. The molecule has 0 saturated carbocycles. The number of nitrogen functional groups attached to an aromatic ring is 1. The molecule has 3 heteroatoms. The van der Waals surface area contributed by atoms with E-state index < -0.39 is 0 Å². The highest BCUT2D eigenvalue weighted by Gasteiger charge is 2.02. The van der Waals surface area contributed by atoms with Gasteiger partial charge in [0.2, 0.25) is 0 Å². The molecular weight excluding hydrogens is 282 g/mol. The highest BCUT2D eigenvalue weighted by atomic mass is 15.1. The van der Waals surface area contributed by atoms with E-state index in [4.69, 9.17) is 5.73 Å². The van der Waals surface area contributed by atoms with E-state index in [2.05, 4.69) is 28.4 Å². The Morgan fingerprint density at radius 1 is 0.652 bits per heavy atom. The van der Waals surface area contributed by atoms with Crippen LogP contribution < -0.4 is 5.73 Å². The molecule has 0 aliphatic heterocycles. The monoisotopic (exact) mass is 301 g/mol. The van der Waals surface area contributed by atoms with Crippen LogP contribution in [0.4, 0.5) is 17.1 Å². The minimum absolute atomic E-state index is 0.797. The van der Waals surface area contributed by atoms with Crippen LogP contribution >= 0.6 is 0 Å². The lowest BCUT2D eigenvalue weighted by molar-refractivity contribution is 0.955. The van der Waals surface area contributed by atoms with Gasteiger partial charge in [-0.3, -0.25) is 0 Å². The molecule has 3 aromatic rings. The molecule has 3 aromatic carbocycles. The van der Waals surface area contributed by atoms with Gasteiger partial charge in [-0.2, -0.15) is 10.2 Å². The number of anilines is 1. The summed E-state index contributed by atoms with van der Waals surface area (Å²) < 4.78 is 0. The van der Waals surface area contributed by atoms with Gasteiger partial charge in [-0.25, -0.2) is 0 Å². The van der Waals surface area contributed by atoms with Crippen molar-refractivity contribution in [2.45, 2.75) is 12.8 Å². The van der Waals surface area contributed by atoms with Crippen LogP contribution in [0.1, 0.15) is 11.1 Å². The summed E-state index contributed by atoms with van der Waals surface area (Å²) >= 11 is 0. The predicted octanol–water partition coefficient (Wildman–Crippen LogP) is 5.47. The number of hydrogen-bond donors (Lipinski definition) is 1. The van der Waals surface area contributed by atoms with Gasteiger partial charge in [-0.1, -0.05) is 48.5 Å². The number of rotatable bonds is 5. The molecule has 0 aliphatic rings. The lowest BCUT2D eigenvalue weighted by Crippen LogP contribution is -1.92. The van der Waals surface area contributed by atoms with Crippen molar-refractivity contribution in [1.82, 2.24) is 0 Å². The third-order valence-electron chi connectivity index (χ3n) is 3.68. The van der Waals surface area contributed by atoms with Gasteiger partial charge in [-0.05, 0) is 54.3 Å². The highest BCUT2D eigenvalue weighted by Crippen LogP contribution is 2.23. The van der Waals surface area contributed by atoms with Gasteiger partial charge in [0.15, 0.2) is 0 Å². The largest absolute Gasteiger partial charge is 0.399 e. The van der Waals surface area contributed by atoms with Crippen LogP contribution in [0.2, 0.25) is 0 Å². The van der Waals surface area contributed by atoms with Crippen molar-refractivity contribution < 1.29 is 0 Å². The SMILES string of the molecule is Nc1ccc(CCc2ccccc2N=Nc2ccccc2)cc1. The summed E-state index contributed by atoms with van der Waals surface area (Å²) in [6.07, 6.45) is 1.88. The van der Waals surface area contributed by atoms with Crippen LogP contribution in [0.25, 0.3) is 0 Å². The first-order chi connectivity index (χ1) is 11.3. The van der Waals surface area contributed by atoms with E-state index in [1.54, 1.807) is 0 Å². The second-order valence-electron chi connectivity index (χ2n) is 5.41. The fourth-order valence-electron chi connectivity index (χ4n) is 2.39. The lowest BCUT2D eigenvalue weighted by atomic mass is 10.0. The minimum Gasteiger partial charge on any atom is -0.399 e. The molecule has 0 spiro atoms. The Bertz CT molecular complexity index is 777. The van der Waals surface area contributed by atoms with E-state index in [-0.39, 0.29) is 0 Å². The van der Waals surface area contributed by atoms with E-state index in [1.165, 1.54) is 11.1 Å².